The summed E-state index contributed by atoms with van der Waals surface area (Å²) in [5.74, 6) is -1.29. The third-order valence-corrected chi connectivity index (χ3v) is 3.17. The summed E-state index contributed by atoms with van der Waals surface area (Å²) in [7, 11) is 0. The summed E-state index contributed by atoms with van der Waals surface area (Å²) in [4.78, 5) is 22.9. The fraction of sp³-hybridized carbons (Fsp3) is 0.273. The molecule has 0 aliphatic heterocycles. The van der Waals surface area contributed by atoms with Gasteiger partial charge in [-0.05, 0) is 25.0 Å². The molecule has 4 heteroatoms. The van der Waals surface area contributed by atoms with Gasteiger partial charge in [-0.3, -0.25) is 9.59 Å². The van der Waals surface area contributed by atoms with Crippen molar-refractivity contribution in [3.05, 3.63) is 34.3 Å². The Kier molecular flexibility index (Phi) is 2.38. The number of halogens is 1. The first-order valence-corrected chi connectivity index (χ1v) is 5.39. The van der Waals surface area contributed by atoms with Crippen LogP contribution in [0, 0.1) is 5.41 Å². The third kappa shape index (κ3) is 1.69. The van der Waals surface area contributed by atoms with Crippen molar-refractivity contribution in [3.63, 3.8) is 0 Å². The molecule has 1 N–H and O–H groups in total. The quantitative estimate of drug-likeness (QED) is 0.677. The maximum Gasteiger partial charge on any atom is 0.317 e. The second-order valence-corrected chi connectivity index (χ2v) is 4.64. The first-order chi connectivity index (χ1) is 7.06. The van der Waals surface area contributed by atoms with E-state index in [0.717, 1.165) is 4.47 Å². The molecule has 1 saturated carbocycles. The van der Waals surface area contributed by atoms with Crippen LogP contribution in [0.15, 0.2) is 28.7 Å². The molecule has 78 valence electrons. The number of carbonyl (C=O) groups is 2. The van der Waals surface area contributed by atoms with E-state index in [0.29, 0.717) is 18.4 Å². The van der Waals surface area contributed by atoms with Crippen LogP contribution in [0.4, 0.5) is 0 Å². The average molecular weight is 269 g/mol. The molecule has 0 amide bonds. The van der Waals surface area contributed by atoms with Crippen LogP contribution in [-0.4, -0.2) is 16.9 Å². The standard InChI is InChI=1S/C11H9BrO3/c12-8-3-1-2-7(6-8)9(13)11(4-5-11)10(14)15/h1-3,6H,4-5H2,(H,14,15). The van der Waals surface area contributed by atoms with Crippen molar-refractivity contribution in [1.82, 2.24) is 0 Å². The second-order valence-electron chi connectivity index (χ2n) is 3.73. The smallest absolute Gasteiger partial charge is 0.317 e. The summed E-state index contributed by atoms with van der Waals surface area (Å²) in [5, 5.41) is 8.97. The maximum atomic E-state index is 11.9. The van der Waals surface area contributed by atoms with E-state index in [1.807, 2.05) is 0 Å². The fourth-order valence-corrected chi connectivity index (χ4v) is 1.97. The molecular formula is C11H9BrO3. The van der Waals surface area contributed by atoms with Gasteiger partial charge in [-0.25, -0.2) is 0 Å². The highest BCUT2D eigenvalue weighted by molar-refractivity contribution is 9.10. The topological polar surface area (TPSA) is 54.4 Å². The number of carbonyl (C=O) groups excluding carboxylic acids is 1. The number of hydrogen-bond donors (Lipinski definition) is 1. The minimum Gasteiger partial charge on any atom is -0.480 e. The van der Waals surface area contributed by atoms with Gasteiger partial charge in [-0.15, -0.1) is 0 Å². The summed E-state index contributed by atoms with van der Waals surface area (Å²) < 4.78 is 0.787. The van der Waals surface area contributed by atoms with Crippen molar-refractivity contribution >= 4 is 27.7 Å². The van der Waals surface area contributed by atoms with Crippen molar-refractivity contribution in [2.24, 2.45) is 5.41 Å². The highest BCUT2D eigenvalue weighted by Gasteiger charge is 2.56. The van der Waals surface area contributed by atoms with Gasteiger partial charge in [0, 0.05) is 10.0 Å². The molecular weight excluding hydrogens is 260 g/mol. The highest BCUT2D eigenvalue weighted by atomic mass is 79.9. The number of ketones is 1. The molecule has 3 nitrogen and oxygen atoms in total. The number of aliphatic carboxylic acids is 1. The van der Waals surface area contributed by atoms with Crippen LogP contribution < -0.4 is 0 Å². The lowest BCUT2D eigenvalue weighted by Gasteiger charge is -2.08. The minimum atomic E-state index is -1.14. The molecule has 1 aromatic rings. The predicted octanol–water partition coefficient (Wildman–Crippen LogP) is 2.50. The van der Waals surface area contributed by atoms with Crippen LogP contribution in [0.25, 0.3) is 0 Å². The van der Waals surface area contributed by atoms with Crippen molar-refractivity contribution in [2.75, 3.05) is 0 Å². The Bertz CT molecular complexity index is 435. The molecule has 0 bridgehead atoms. The number of rotatable bonds is 3. The van der Waals surface area contributed by atoms with Crippen LogP contribution in [0.5, 0.6) is 0 Å². The summed E-state index contributed by atoms with van der Waals surface area (Å²) >= 11 is 3.25. The van der Waals surface area contributed by atoms with Gasteiger partial charge in [-0.1, -0.05) is 28.1 Å². The van der Waals surface area contributed by atoms with Crippen molar-refractivity contribution < 1.29 is 14.7 Å². The maximum absolute atomic E-state index is 11.9. The normalized spacial score (nSPS) is 17.1. The van der Waals surface area contributed by atoms with E-state index in [9.17, 15) is 9.59 Å². The lowest BCUT2D eigenvalue weighted by molar-refractivity contribution is -0.141. The molecule has 0 spiro atoms. The number of carboxylic acids is 1. The Hall–Kier alpha value is -1.16. The first-order valence-electron chi connectivity index (χ1n) is 4.60. The number of hydrogen-bond acceptors (Lipinski definition) is 2. The van der Waals surface area contributed by atoms with Gasteiger partial charge in [0.05, 0.1) is 0 Å². The minimum absolute atomic E-state index is 0.281. The number of Topliss-reactive ketones (excluding diaryl/α,β-unsaturated/α-hetero) is 1. The molecule has 0 unspecified atom stereocenters. The molecule has 2 rings (SSSR count). The van der Waals surface area contributed by atoms with Crippen LogP contribution >= 0.6 is 15.9 Å². The molecule has 15 heavy (non-hydrogen) atoms. The predicted molar refractivity (Wildman–Crippen MR) is 57.8 cm³/mol. The molecule has 1 fully saturated rings. The van der Waals surface area contributed by atoms with Crippen LogP contribution in [0.3, 0.4) is 0 Å². The largest absolute Gasteiger partial charge is 0.480 e. The van der Waals surface area contributed by atoms with Gasteiger partial charge in [0.2, 0.25) is 0 Å². The van der Waals surface area contributed by atoms with E-state index in [4.69, 9.17) is 5.11 Å². The summed E-state index contributed by atoms with van der Waals surface area (Å²) in [5.41, 5.74) is -0.676. The van der Waals surface area contributed by atoms with Crippen LogP contribution in [0.1, 0.15) is 23.2 Å². The van der Waals surface area contributed by atoms with E-state index in [1.54, 1.807) is 24.3 Å². The monoisotopic (exact) mass is 268 g/mol. The van der Waals surface area contributed by atoms with E-state index < -0.39 is 11.4 Å². The molecule has 0 aromatic heterocycles. The first kappa shape index (κ1) is 10.4. The van der Waals surface area contributed by atoms with Crippen molar-refractivity contribution in [2.45, 2.75) is 12.8 Å². The van der Waals surface area contributed by atoms with E-state index in [2.05, 4.69) is 15.9 Å². The summed E-state index contributed by atoms with van der Waals surface area (Å²) in [6.45, 7) is 0. The third-order valence-electron chi connectivity index (χ3n) is 2.68. The van der Waals surface area contributed by atoms with Gasteiger partial charge in [0.15, 0.2) is 5.78 Å². The zero-order valence-corrected chi connectivity index (χ0v) is 9.45. The van der Waals surface area contributed by atoms with Gasteiger partial charge >= 0.3 is 5.97 Å². The van der Waals surface area contributed by atoms with Gasteiger partial charge in [0.25, 0.3) is 0 Å². The molecule has 1 aliphatic rings. The molecule has 0 saturated heterocycles. The molecule has 0 heterocycles. The molecule has 1 aliphatic carbocycles. The van der Waals surface area contributed by atoms with E-state index >= 15 is 0 Å². The van der Waals surface area contributed by atoms with E-state index in [1.165, 1.54) is 0 Å². The highest BCUT2D eigenvalue weighted by Crippen LogP contribution is 2.48. The lowest BCUT2D eigenvalue weighted by Crippen LogP contribution is -2.25. The molecule has 0 radical (unpaired) electrons. The van der Waals surface area contributed by atoms with Crippen LogP contribution in [0.2, 0.25) is 0 Å². The van der Waals surface area contributed by atoms with Crippen molar-refractivity contribution in [1.29, 1.82) is 0 Å². The molecule has 1 aromatic carbocycles. The Morgan fingerprint density at radius 3 is 2.47 bits per heavy atom. The number of benzene rings is 1. The van der Waals surface area contributed by atoms with Gasteiger partial charge in [0.1, 0.15) is 5.41 Å². The Balaban J connectivity index is 2.33. The molecule has 0 atom stereocenters. The second kappa shape index (κ2) is 3.45. The Labute approximate surface area is 95.2 Å². The average Bonchev–Trinajstić information content (AvgIpc) is 2.97. The summed E-state index contributed by atoms with van der Waals surface area (Å²) in [6, 6.07) is 6.84. The summed E-state index contributed by atoms with van der Waals surface area (Å²) in [6.07, 6.45) is 0.904. The Morgan fingerprint density at radius 2 is 2.00 bits per heavy atom. The fourth-order valence-electron chi connectivity index (χ4n) is 1.57. The lowest BCUT2D eigenvalue weighted by atomic mass is 9.95. The van der Waals surface area contributed by atoms with Gasteiger partial charge < -0.3 is 5.11 Å². The van der Waals surface area contributed by atoms with E-state index in [-0.39, 0.29) is 5.78 Å². The van der Waals surface area contributed by atoms with Crippen molar-refractivity contribution in [3.8, 4) is 0 Å². The Morgan fingerprint density at radius 1 is 1.33 bits per heavy atom. The van der Waals surface area contributed by atoms with Gasteiger partial charge in [-0.2, -0.15) is 0 Å². The zero-order chi connectivity index (χ0) is 11.1. The number of carboxylic acid groups (broad SMARTS) is 1. The van der Waals surface area contributed by atoms with Crippen LogP contribution in [-0.2, 0) is 4.79 Å². The zero-order valence-electron chi connectivity index (χ0n) is 7.87. The SMILES string of the molecule is O=C(O)C1(C(=O)c2cccc(Br)c2)CC1.